The van der Waals surface area contributed by atoms with E-state index in [2.05, 4.69) is 14.8 Å². The lowest BCUT2D eigenvalue weighted by atomic mass is 10.1. The molecule has 15 heteroatoms. The number of hydrogen-bond donors (Lipinski definition) is 3. The van der Waals surface area contributed by atoms with Gasteiger partial charge in [-0.15, -0.1) is 0 Å². The Morgan fingerprint density at radius 2 is 1.97 bits per heavy atom. The summed E-state index contributed by atoms with van der Waals surface area (Å²) in [4.78, 5) is 27.3. The molecule has 192 valence electrons. The first-order chi connectivity index (χ1) is 16.4. The van der Waals surface area contributed by atoms with Crippen molar-refractivity contribution in [1.82, 2.24) is 14.6 Å². The molecule has 1 aromatic carbocycles. The Bertz CT molecular complexity index is 1150. The van der Waals surface area contributed by atoms with Crippen LogP contribution in [0.5, 0.6) is 5.75 Å². The zero-order valence-electron chi connectivity index (χ0n) is 18.9. The van der Waals surface area contributed by atoms with Crippen molar-refractivity contribution in [2.75, 3.05) is 12.8 Å². The largest absolute Gasteiger partial charge is 0.468 e. The van der Waals surface area contributed by atoms with E-state index < -0.39 is 55.9 Å². The van der Waals surface area contributed by atoms with Crippen LogP contribution >= 0.6 is 7.75 Å². The van der Waals surface area contributed by atoms with Crippen LogP contribution in [0.4, 0.5) is 14.6 Å². The number of benzene rings is 1. The number of halogens is 2. The molecule has 0 radical (unpaired) electrons. The fourth-order valence-electron chi connectivity index (χ4n) is 3.35. The van der Waals surface area contributed by atoms with Gasteiger partial charge in [-0.25, -0.2) is 9.36 Å². The average Bonchev–Trinajstić information content (AvgIpc) is 3.02. The molecule has 1 aliphatic heterocycles. The molecule has 0 bridgehead atoms. The van der Waals surface area contributed by atoms with E-state index in [-0.39, 0.29) is 11.6 Å². The van der Waals surface area contributed by atoms with Crippen molar-refractivity contribution in [1.29, 1.82) is 0 Å². The monoisotopic (exact) mass is 518 g/mol. The zero-order valence-corrected chi connectivity index (χ0v) is 19.8. The number of nitrogens with zero attached hydrogens (tertiary/aromatic N) is 2. The first-order valence-corrected chi connectivity index (χ1v) is 11.9. The van der Waals surface area contributed by atoms with E-state index in [1.165, 1.54) is 26.0 Å². The third-order valence-corrected chi connectivity index (χ3v) is 6.83. The normalized spacial score (nSPS) is 24.8. The van der Waals surface area contributed by atoms with Crippen LogP contribution in [0.3, 0.4) is 0 Å². The Hall–Kier alpha value is -2.90. The van der Waals surface area contributed by atoms with Gasteiger partial charge in [-0.05, 0) is 32.0 Å². The molecule has 6 atom stereocenters. The topological polar surface area (TPSA) is 164 Å². The van der Waals surface area contributed by atoms with Crippen LogP contribution in [0, 0.1) is 0 Å². The molecule has 6 unspecified atom stereocenters. The van der Waals surface area contributed by atoms with E-state index in [0.717, 1.165) is 19.4 Å². The van der Waals surface area contributed by atoms with Crippen molar-refractivity contribution in [3.8, 4) is 5.75 Å². The Kier molecular flexibility index (Phi) is 7.92. The van der Waals surface area contributed by atoms with E-state index in [0.29, 0.717) is 4.57 Å². The number of alkyl halides is 2. The number of para-hydroxylation sites is 1. The van der Waals surface area contributed by atoms with Gasteiger partial charge in [0.05, 0.1) is 13.2 Å². The highest BCUT2D eigenvalue weighted by atomic mass is 31.2. The number of nitrogens with two attached hydrogens (primary N) is 1. The Labute approximate surface area is 198 Å². The first-order valence-electron chi connectivity index (χ1n) is 10.3. The molecule has 4 N–H and O–H groups in total. The molecule has 1 saturated heterocycles. The minimum absolute atomic E-state index is 0.0863. The number of aromatic nitrogens is 2. The molecule has 1 aliphatic rings. The number of aliphatic hydroxyl groups excluding tert-OH is 1. The van der Waals surface area contributed by atoms with Gasteiger partial charge in [-0.2, -0.15) is 18.9 Å². The van der Waals surface area contributed by atoms with Crippen LogP contribution in [0.15, 0.2) is 47.4 Å². The van der Waals surface area contributed by atoms with Crippen LogP contribution in [0.1, 0.15) is 20.1 Å². The van der Waals surface area contributed by atoms with Gasteiger partial charge in [0, 0.05) is 6.20 Å². The lowest BCUT2D eigenvalue weighted by molar-refractivity contribution is -0.142. The minimum Gasteiger partial charge on any atom is -0.468 e. The molecular weight excluding hydrogens is 493 g/mol. The fourth-order valence-corrected chi connectivity index (χ4v) is 5.04. The number of esters is 1. The van der Waals surface area contributed by atoms with Gasteiger partial charge in [0.25, 0.3) is 0 Å². The highest BCUT2D eigenvalue weighted by Gasteiger charge is 2.61. The number of methoxy groups -OCH3 is 1. The molecule has 1 aromatic heterocycles. The molecule has 2 aromatic rings. The van der Waals surface area contributed by atoms with Crippen molar-refractivity contribution in [3.63, 3.8) is 0 Å². The second-order valence-electron chi connectivity index (χ2n) is 7.70. The van der Waals surface area contributed by atoms with Crippen LogP contribution in [-0.2, 0) is 23.4 Å². The van der Waals surface area contributed by atoms with Gasteiger partial charge in [0.1, 0.15) is 23.7 Å². The van der Waals surface area contributed by atoms with Gasteiger partial charge in [-0.1, -0.05) is 18.2 Å². The summed E-state index contributed by atoms with van der Waals surface area (Å²) >= 11 is 0. The number of ether oxygens (including phenoxy) is 2. The van der Waals surface area contributed by atoms with Crippen LogP contribution < -0.4 is 21.0 Å². The van der Waals surface area contributed by atoms with Crippen LogP contribution in [-0.4, -0.2) is 58.0 Å². The van der Waals surface area contributed by atoms with Crippen molar-refractivity contribution >= 4 is 19.5 Å². The first kappa shape index (κ1) is 26.7. The highest BCUT2D eigenvalue weighted by molar-refractivity contribution is 7.52. The SMILES string of the molecule is COC(=O)C(C)NP(=O)(Oc1ccccc1)OC(C)C1OC(n2ccc(N)nc2=O)C(F)(F)C1O. The summed E-state index contributed by atoms with van der Waals surface area (Å²) in [6, 6.07) is 7.68. The molecule has 1 fully saturated rings. The summed E-state index contributed by atoms with van der Waals surface area (Å²) in [6.07, 6.45) is -7.00. The number of nitrogen functional groups attached to an aromatic ring is 1. The summed E-state index contributed by atoms with van der Waals surface area (Å²) in [5.74, 6) is -4.85. The van der Waals surface area contributed by atoms with E-state index >= 15 is 0 Å². The molecule has 0 amide bonds. The Morgan fingerprint density at radius 3 is 2.57 bits per heavy atom. The van der Waals surface area contributed by atoms with Crippen LogP contribution in [0.2, 0.25) is 0 Å². The molecule has 0 saturated carbocycles. The third-order valence-electron chi connectivity index (χ3n) is 5.07. The van der Waals surface area contributed by atoms with Gasteiger partial charge in [0.2, 0.25) is 6.23 Å². The average molecular weight is 518 g/mol. The maximum Gasteiger partial charge on any atom is 0.459 e. The second-order valence-corrected chi connectivity index (χ2v) is 9.35. The van der Waals surface area contributed by atoms with Gasteiger partial charge >= 0.3 is 25.3 Å². The number of rotatable bonds is 9. The second kappa shape index (κ2) is 10.4. The van der Waals surface area contributed by atoms with E-state index in [4.69, 9.17) is 19.5 Å². The number of anilines is 1. The van der Waals surface area contributed by atoms with E-state index in [9.17, 15) is 28.0 Å². The zero-order chi connectivity index (χ0) is 26.0. The molecule has 0 aliphatic carbocycles. The number of carbonyl (C=O) groups excluding carboxylic acids is 1. The van der Waals surface area contributed by atoms with Gasteiger partial charge in [0.15, 0.2) is 6.10 Å². The number of aliphatic hydroxyl groups is 1. The molecule has 35 heavy (non-hydrogen) atoms. The van der Waals surface area contributed by atoms with Crippen molar-refractivity contribution < 1.29 is 41.8 Å². The summed E-state index contributed by atoms with van der Waals surface area (Å²) in [6.45, 7) is 2.54. The molecular formula is C20H25F2N4O8P. The summed E-state index contributed by atoms with van der Waals surface area (Å²) < 4.78 is 64.6. The van der Waals surface area contributed by atoms with E-state index in [1.807, 2.05) is 0 Å². The minimum atomic E-state index is -4.43. The Balaban J connectivity index is 1.86. The lowest BCUT2D eigenvalue weighted by Gasteiger charge is -2.28. The molecule has 12 nitrogen and oxygen atoms in total. The third kappa shape index (κ3) is 5.85. The standard InChI is InChI=1S/C20H25F2N4O8P/c1-11(17(28)31-3)25-35(30,34-13-7-5-4-6-8-13)33-12(2)15-16(27)20(21,22)18(32-15)26-10-9-14(23)24-19(26)29/h4-12,15-16,18,27H,1-3H3,(H,25,30)(H2,23,24,29). The maximum atomic E-state index is 14.9. The predicted octanol–water partition coefficient (Wildman–Crippen LogP) is 1.46. The fraction of sp³-hybridized carbons (Fsp3) is 0.450. The highest BCUT2D eigenvalue weighted by Crippen LogP contribution is 2.50. The predicted molar refractivity (Wildman–Crippen MR) is 118 cm³/mol. The number of hydrogen-bond acceptors (Lipinski definition) is 10. The number of nitrogens with one attached hydrogen (secondary N) is 1. The lowest BCUT2D eigenvalue weighted by Crippen LogP contribution is -2.44. The van der Waals surface area contributed by atoms with Crippen molar-refractivity contribution in [2.45, 2.75) is 50.4 Å². The quantitative estimate of drug-likeness (QED) is 0.325. The summed E-state index contributed by atoms with van der Waals surface area (Å²) in [5.41, 5.74) is 4.27. The van der Waals surface area contributed by atoms with Crippen molar-refractivity contribution in [3.05, 3.63) is 53.1 Å². The van der Waals surface area contributed by atoms with Crippen LogP contribution in [0.25, 0.3) is 0 Å². The summed E-state index contributed by atoms with van der Waals surface area (Å²) in [7, 11) is -3.32. The van der Waals surface area contributed by atoms with Gasteiger partial charge in [-0.3, -0.25) is 13.9 Å². The Morgan fingerprint density at radius 1 is 1.31 bits per heavy atom. The number of carbonyl (C=O) groups is 1. The van der Waals surface area contributed by atoms with E-state index in [1.54, 1.807) is 18.2 Å². The van der Waals surface area contributed by atoms with Gasteiger partial charge < -0.3 is 24.8 Å². The maximum absolute atomic E-state index is 14.9. The smallest absolute Gasteiger partial charge is 0.459 e. The summed E-state index contributed by atoms with van der Waals surface area (Å²) in [5, 5.41) is 12.7. The molecule has 0 spiro atoms. The molecule has 2 heterocycles. The van der Waals surface area contributed by atoms with Crippen molar-refractivity contribution in [2.24, 2.45) is 0 Å². The molecule has 3 rings (SSSR count).